The number of hydrogen-bond donors (Lipinski definition) is 1. The predicted octanol–water partition coefficient (Wildman–Crippen LogP) is 6.63. The molecule has 7 heteroatoms. The minimum absolute atomic E-state index is 0.0779. The first-order valence-corrected chi connectivity index (χ1v) is 10.1. The van der Waals surface area contributed by atoms with Crippen molar-refractivity contribution in [2.75, 3.05) is 6.54 Å². The van der Waals surface area contributed by atoms with Crippen molar-refractivity contribution in [2.24, 2.45) is 26.5 Å². The van der Waals surface area contributed by atoms with E-state index in [9.17, 15) is 17.6 Å². The topological polar surface area (TPSA) is 50.7 Å². The van der Waals surface area contributed by atoms with E-state index in [2.05, 4.69) is 44.6 Å². The van der Waals surface area contributed by atoms with Crippen LogP contribution in [0.2, 0.25) is 0 Å². The Bertz CT molecular complexity index is 856. The van der Waals surface area contributed by atoms with Gasteiger partial charge in [0, 0.05) is 18.5 Å². The summed E-state index contributed by atoms with van der Waals surface area (Å²) in [6.45, 7) is 11.3. The molecule has 0 atom stereocenters. The van der Waals surface area contributed by atoms with Gasteiger partial charge in [0.15, 0.2) is 0 Å². The van der Waals surface area contributed by atoms with E-state index in [-0.39, 0.29) is 16.4 Å². The van der Waals surface area contributed by atoms with Gasteiger partial charge in [0.05, 0.1) is 5.56 Å². The quantitative estimate of drug-likeness (QED) is 0.541. The van der Waals surface area contributed by atoms with Crippen molar-refractivity contribution in [3.63, 3.8) is 0 Å². The molecule has 0 saturated carbocycles. The van der Waals surface area contributed by atoms with Gasteiger partial charge in [-0.1, -0.05) is 40.7 Å². The zero-order valence-corrected chi connectivity index (χ0v) is 18.3. The normalized spacial score (nSPS) is 19.7. The van der Waals surface area contributed by atoms with Crippen molar-refractivity contribution in [1.29, 1.82) is 0 Å². The lowest BCUT2D eigenvalue weighted by atomic mass is 9.76. The van der Waals surface area contributed by atoms with E-state index in [1.54, 1.807) is 6.08 Å². The number of amidine groups is 2. The zero-order valence-electron chi connectivity index (χ0n) is 18.3. The van der Waals surface area contributed by atoms with E-state index >= 15 is 0 Å². The van der Waals surface area contributed by atoms with Crippen molar-refractivity contribution >= 4 is 17.2 Å². The zero-order chi connectivity index (χ0) is 22.7. The van der Waals surface area contributed by atoms with Gasteiger partial charge in [0.25, 0.3) is 0 Å². The summed E-state index contributed by atoms with van der Waals surface area (Å²) < 4.78 is 53.1. The highest BCUT2D eigenvalue weighted by Gasteiger charge is 2.31. The lowest BCUT2D eigenvalue weighted by molar-refractivity contribution is -0.137. The summed E-state index contributed by atoms with van der Waals surface area (Å²) in [6.07, 6.45) is -0.374. The van der Waals surface area contributed by atoms with Gasteiger partial charge >= 0.3 is 6.18 Å². The Balaban J connectivity index is 2.39. The number of halogens is 4. The Labute approximate surface area is 176 Å². The first-order chi connectivity index (χ1) is 13.7. The number of alkyl halides is 3. The highest BCUT2D eigenvalue weighted by atomic mass is 19.4. The van der Waals surface area contributed by atoms with Crippen LogP contribution >= 0.6 is 0 Å². The molecule has 0 unspecified atom stereocenters. The third kappa shape index (κ3) is 7.26. The molecule has 166 valence electrons. The molecule has 1 aliphatic rings. The monoisotopic (exact) mass is 425 g/mol. The molecule has 1 heterocycles. The molecule has 3 nitrogen and oxygen atoms in total. The van der Waals surface area contributed by atoms with E-state index < -0.39 is 17.6 Å². The van der Waals surface area contributed by atoms with Crippen LogP contribution in [0.25, 0.3) is 5.57 Å². The standard InChI is InChI=1S/C23H31F4N3/c1-21(2,3)13-22(4,5)14-29-20-11-15(7-6-8-19(28)30-20)17-10-9-16(12-18(17)24)23(25,26)27/h9-12H,6-8,13-14H2,1-5H3,(H2,28,29,30)/b15-11+. The fourth-order valence-corrected chi connectivity index (χ4v) is 3.96. The van der Waals surface area contributed by atoms with Crippen LogP contribution in [0.3, 0.4) is 0 Å². The molecule has 2 rings (SSSR count). The maximum absolute atomic E-state index is 14.5. The number of allylic oxidation sites excluding steroid dienone is 1. The number of aliphatic imine (C=N–C) groups is 2. The average Bonchev–Trinajstić information content (AvgIpc) is 2.53. The van der Waals surface area contributed by atoms with Crippen molar-refractivity contribution in [1.82, 2.24) is 0 Å². The molecule has 0 aliphatic carbocycles. The molecule has 0 fully saturated rings. The maximum atomic E-state index is 14.5. The molecule has 2 N–H and O–H groups in total. The molecule has 0 aromatic heterocycles. The molecule has 1 aliphatic heterocycles. The van der Waals surface area contributed by atoms with Crippen molar-refractivity contribution in [2.45, 2.75) is 66.5 Å². The molecule has 0 amide bonds. The van der Waals surface area contributed by atoms with Gasteiger partial charge < -0.3 is 5.73 Å². The summed E-state index contributed by atoms with van der Waals surface area (Å²) >= 11 is 0. The Morgan fingerprint density at radius 2 is 1.73 bits per heavy atom. The minimum atomic E-state index is -4.58. The Hall–Kier alpha value is -2.18. The smallest absolute Gasteiger partial charge is 0.387 e. The van der Waals surface area contributed by atoms with Crippen LogP contribution in [0, 0.1) is 16.6 Å². The fraction of sp³-hybridized carbons (Fsp3) is 0.565. The molecule has 0 radical (unpaired) electrons. The van der Waals surface area contributed by atoms with Crippen molar-refractivity contribution < 1.29 is 17.6 Å². The molecule has 1 aromatic carbocycles. The molecule has 0 bridgehead atoms. The van der Waals surface area contributed by atoms with Gasteiger partial charge in [0.2, 0.25) is 0 Å². The predicted molar refractivity (Wildman–Crippen MR) is 115 cm³/mol. The first-order valence-electron chi connectivity index (χ1n) is 10.1. The molecule has 1 aromatic rings. The second kappa shape index (κ2) is 8.90. The van der Waals surface area contributed by atoms with E-state index in [4.69, 9.17) is 5.73 Å². The van der Waals surface area contributed by atoms with Crippen LogP contribution in [0.5, 0.6) is 0 Å². The summed E-state index contributed by atoms with van der Waals surface area (Å²) in [5, 5.41) is 0. The lowest BCUT2D eigenvalue weighted by Gasteiger charge is -2.31. The summed E-state index contributed by atoms with van der Waals surface area (Å²) in [5.74, 6) is -0.0740. The highest BCUT2D eigenvalue weighted by Crippen LogP contribution is 2.34. The maximum Gasteiger partial charge on any atom is 0.416 e. The van der Waals surface area contributed by atoms with Gasteiger partial charge in [-0.15, -0.1) is 0 Å². The molecule has 0 spiro atoms. The average molecular weight is 426 g/mol. The number of benzene rings is 1. The SMILES string of the molecule is CC(C)(C)CC(C)(C)CN=C1/C=C(/c2ccc(C(F)(F)F)cc2F)CCCC(N)=N1. The summed E-state index contributed by atoms with van der Waals surface area (Å²) in [6, 6.07) is 2.62. The highest BCUT2D eigenvalue weighted by molar-refractivity contribution is 6.06. The molecule has 0 saturated heterocycles. The van der Waals surface area contributed by atoms with Crippen molar-refractivity contribution in [3.05, 3.63) is 41.2 Å². The van der Waals surface area contributed by atoms with Crippen molar-refractivity contribution in [3.8, 4) is 0 Å². The first kappa shape index (κ1) is 24.1. The van der Waals surface area contributed by atoms with Gasteiger partial charge in [-0.25, -0.2) is 9.38 Å². The Morgan fingerprint density at radius 1 is 1.07 bits per heavy atom. The van der Waals surface area contributed by atoms with Crippen LogP contribution in [-0.2, 0) is 6.18 Å². The van der Waals surface area contributed by atoms with Crippen LogP contribution in [0.4, 0.5) is 17.6 Å². The molecular formula is C23H31F4N3. The van der Waals surface area contributed by atoms with Gasteiger partial charge in [-0.05, 0) is 53.9 Å². The molecular weight excluding hydrogens is 394 g/mol. The number of nitrogens with two attached hydrogens (primary N) is 1. The van der Waals surface area contributed by atoms with Gasteiger partial charge in [-0.3, -0.25) is 4.99 Å². The third-order valence-electron chi connectivity index (χ3n) is 4.76. The summed E-state index contributed by atoms with van der Waals surface area (Å²) in [5.41, 5.74) is 5.73. The van der Waals surface area contributed by atoms with Gasteiger partial charge in [0.1, 0.15) is 17.5 Å². The third-order valence-corrected chi connectivity index (χ3v) is 4.76. The Kier molecular flexibility index (Phi) is 7.15. The Morgan fingerprint density at radius 3 is 2.30 bits per heavy atom. The van der Waals surface area contributed by atoms with Crippen LogP contribution < -0.4 is 5.73 Å². The second-order valence-corrected chi connectivity index (χ2v) is 9.89. The van der Waals surface area contributed by atoms with Crippen LogP contribution in [-0.4, -0.2) is 18.2 Å². The van der Waals surface area contributed by atoms with E-state index in [1.165, 1.54) is 6.07 Å². The van der Waals surface area contributed by atoms with E-state index in [0.29, 0.717) is 49.1 Å². The van der Waals surface area contributed by atoms with E-state index in [1.807, 2.05) is 0 Å². The van der Waals surface area contributed by atoms with Gasteiger partial charge in [-0.2, -0.15) is 13.2 Å². The second-order valence-electron chi connectivity index (χ2n) is 9.89. The number of hydrogen-bond acceptors (Lipinski definition) is 2. The van der Waals surface area contributed by atoms with Crippen LogP contribution in [0.15, 0.2) is 34.3 Å². The number of rotatable bonds is 4. The fourth-order valence-electron chi connectivity index (χ4n) is 3.96. The van der Waals surface area contributed by atoms with Crippen LogP contribution in [0.1, 0.15) is 71.4 Å². The summed E-state index contributed by atoms with van der Waals surface area (Å²) in [7, 11) is 0. The summed E-state index contributed by atoms with van der Waals surface area (Å²) in [4.78, 5) is 8.99. The minimum Gasteiger partial charge on any atom is -0.387 e. The van der Waals surface area contributed by atoms with E-state index in [0.717, 1.165) is 12.5 Å². The lowest BCUT2D eigenvalue weighted by Crippen LogP contribution is -2.24. The molecule has 30 heavy (non-hydrogen) atoms. The largest absolute Gasteiger partial charge is 0.416 e. The number of nitrogens with zero attached hydrogens (tertiary/aromatic N) is 2.